The second-order valence-electron chi connectivity index (χ2n) is 6.25. The quantitative estimate of drug-likeness (QED) is 0.510. The number of H-pyrrole nitrogens is 1. The van der Waals surface area contributed by atoms with Crippen molar-refractivity contribution in [1.29, 1.82) is 0 Å². The van der Waals surface area contributed by atoms with Crippen LogP contribution in [0.2, 0.25) is 0 Å². The topological polar surface area (TPSA) is 46.5 Å². The molecule has 0 radical (unpaired) electrons. The van der Waals surface area contributed by atoms with E-state index in [1.807, 2.05) is 66.7 Å². The highest BCUT2D eigenvalue weighted by atomic mass is 16.5. The molecule has 4 heteroatoms. The predicted octanol–water partition coefficient (Wildman–Crippen LogP) is 4.61. The maximum atomic E-state index is 12.9. The molecule has 4 nitrogen and oxygen atoms in total. The van der Waals surface area contributed by atoms with E-state index >= 15 is 0 Å². The van der Waals surface area contributed by atoms with Crippen molar-refractivity contribution in [3.8, 4) is 16.9 Å². The van der Waals surface area contributed by atoms with Gasteiger partial charge in [-0.2, -0.15) is 0 Å². The molecule has 0 atom stereocenters. The Hall–Kier alpha value is -3.53. The number of para-hydroxylation sites is 3. The minimum absolute atomic E-state index is 0.143. The summed E-state index contributed by atoms with van der Waals surface area (Å²) in [4.78, 5) is 15.9. The number of nitrogens with one attached hydrogen (secondary N) is 1. The summed E-state index contributed by atoms with van der Waals surface area (Å²) in [5.74, 6) is 0.787. The number of ether oxygens (including phenoxy) is 1. The molecular formula is C22H16N2O2. The molecule has 5 rings (SSSR count). The molecule has 0 saturated heterocycles. The molecule has 2 heterocycles. The van der Waals surface area contributed by atoms with Gasteiger partial charge in [0.25, 0.3) is 0 Å². The third-order valence-corrected chi connectivity index (χ3v) is 4.88. The summed E-state index contributed by atoms with van der Waals surface area (Å²) in [6, 6.07) is 23.8. The molecule has 0 spiro atoms. The molecule has 5 aromatic rings. The normalized spacial score (nSPS) is 11.4. The zero-order chi connectivity index (χ0) is 17.7. The van der Waals surface area contributed by atoms with Crippen LogP contribution in [0.15, 0.2) is 77.6 Å². The van der Waals surface area contributed by atoms with Crippen molar-refractivity contribution in [2.45, 2.75) is 0 Å². The SMILES string of the molecule is COc1ccccc1-c1c2ccccc2n2c(=O)[nH]c3ccccc3c12. The number of hydrogen-bond donors (Lipinski definition) is 1. The van der Waals surface area contributed by atoms with Gasteiger partial charge in [0.05, 0.1) is 23.7 Å². The van der Waals surface area contributed by atoms with Gasteiger partial charge in [0.1, 0.15) is 5.75 Å². The van der Waals surface area contributed by atoms with Crippen LogP contribution >= 0.6 is 0 Å². The number of nitrogens with zero attached hydrogens (tertiary/aromatic N) is 1. The van der Waals surface area contributed by atoms with Crippen LogP contribution in [0.3, 0.4) is 0 Å². The van der Waals surface area contributed by atoms with Crippen LogP contribution in [-0.4, -0.2) is 16.5 Å². The molecule has 3 aromatic carbocycles. The van der Waals surface area contributed by atoms with Crippen molar-refractivity contribution >= 4 is 27.3 Å². The molecule has 26 heavy (non-hydrogen) atoms. The molecule has 0 aliphatic heterocycles. The lowest BCUT2D eigenvalue weighted by Crippen LogP contribution is -2.15. The molecule has 0 aliphatic carbocycles. The van der Waals surface area contributed by atoms with E-state index in [0.717, 1.165) is 44.2 Å². The average Bonchev–Trinajstić information content (AvgIpc) is 3.04. The van der Waals surface area contributed by atoms with E-state index in [1.165, 1.54) is 0 Å². The third-order valence-electron chi connectivity index (χ3n) is 4.88. The summed E-state index contributed by atoms with van der Waals surface area (Å²) in [5.41, 5.74) is 4.45. The Morgan fingerprint density at radius 1 is 0.846 bits per heavy atom. The van der Waals surface area contributed by atoms with Crippen LogP contribution in [0.5, 0.6) is 5.75 Å². The van der Waals surface area contributed by atoms with Crippen molar-refractivity contribution in [2.75, 3.05) is 7.11 Å². The zero-order valence-corrected chi connectivity index (χ0v) is 14.2. The molecule has 2 aromatic heterocycles. The lowest BCUT2D eigenvalue weighted by Gasteiger charge is -2.09. The Morgan fingerprint density at radius 2 is 1.54 bits per heavy atom. The fourth-order valence-corrected chi connectivity index (χ4v) is 3.80. The Bertz CT molecular complexity index is 1350. The molecule has 0 amide bonds. The number of methoxy groups -OCH3 is 1. The molecule has 0 bridgehead atoms. The number of aromatic nitrogens is 2. The highest BCUT2D eigenvalue weighted by molar-refractivity contribution is 6.14. The molecule has 126 valence electrons. The maximum Gasteiger partial charge on any atom is 0.331 e. The Labute approximate surface area is 149 Å². The minimum atomic E-state index is -0.143. The summed E-state index contributed by atoms with van der Waals surface area (Å²) in [6.07, 6.45) is 0. The summed E-state index contributed by atoms with van der Waals surface area (Å²) in [6.45, 7) is 0. The van der Waals surface area contributed by atoms with Crippen LogP contribution < -0.4 is 10.4 Å². The Balaban J connectivity index is 2.13. The van der Waals surface area contributed by atoms with E-state index < -0.39 is 0 Å². The van der Waals surface area contributed by atoms with Crippen molar-refractivity contribution in [3.63, 3.8) is 0 Å². The largest absolute Gasteiger partial charge is 0.496 e. The van der Waals surface area contributed by atoms with E-state index in [4.69, 9.17) is 4.74 Å². The van der Waals surface area contributed by atoms with Gasteiger partial charge in [-0.15, -0.1) is 0 Å². The van der Waals surface area contributed by atoms with E-state index in [2.05, 4.69) is 11.1 Å². The molecule has 0 unspecified atom stereocenters. The lowest BCUT2D eigenvalue weighted by atomic mass is 10.0. The Morgan fingerprint density at radius 3 is 2.38 bits per heavy atom. The lowest BCUT2D eigenvalue weighted by molar-refractivity contribution is 0.416. The van der Waals surface area contributed by atoms with Gasteiger partial charge in [0.15, 0.2) is 0 Å². The number of benzene rings is 3. The van der Waals surface area contributed by atoms with Gasteiger partial charge in [0.2, 0.25) is 0 Å². The predicted molar refractivity (Wildman–Crippen MR) is 105 cm³/mol. The van der Waals surface area contributed by atoms with Crippen molar-refractivity contribution in [3.05, 3.63) is 83.3 Å². The maximum absolute atomic E-state index is 12.9. The molecule has 1 N–H and O–H groups in total. The monoisotopic (exact) mass is 340 g/mol. The van der Waals surface area contributed by atoms with Gasteiger partial charge in [-0.05, 0) is 18.2 Å². The van der Waals surface area contributed by atoms with Crippen LogP contribution in [-0.2, 0) is 0 Å². The van der Waals surface area contributed by atoms with Gasteiger partial charge in [-0.1, -0.05) is 54.6 Å². The summed E-state index contributed by atoms with van der Waals surface area (Å²) >= 11 is 0. The second kappa shape index (κ2) is 5.49. The number of aromatic amines is 1. The molecule has 0 fully saturated rings. The van der Waals surface area contributed by atoms with Crippen LogP contribution in [0.25, 0.3) is 38.4 Å². The van der Waals surface area contributed by atoms with E-state index in [1.54, 1.807) is 11.5 Å². The zero-order valence-electron chi connectivity index (χ0n) is 14.2. The van der Waals surface area contributed by atoms with Crippen molar-refractivity contribution in [1.82, 2.24) is 9.38 Å². The van der Waals surface area contributed by atoms with E-state index in [-0.39, 0.29) is 5.69 Å². The number of fused-ring (bicyclic) bond motifs is 5. The highest BCUT2D eigenvalue weighted by Gasteiger charge is 2.20. The van der Waals surface area contributed by atoms with E-state index in [9.17, 15) is 4.79 Å². The van der Waals surface area contributed by atoms with Crippen LogP contribution in [0.4, 0.5) is 0 Å². The first-order valence-electron chi connectivity index (χ1n) is 8.47. The van der Waals surface area contributed by atoms with Crippen molar-refractivity contribution in [2.24, 2.45) is 0 Å². The second-order valence-corrected chi connectivity index (χ2v) is 6.25. The summed E-state index contributed by atoms with van der Waals surface area (Å²) < 4.78 is 7.38. The molecule has 0 saturated carbocycles. The first-order chi connectivity index (χ1) is 12.8. The fraction of sp³-hybridized carbons (Fsp3) is 0.0455. The summed E-state index contributed by atoms with van der Waals surface area (Å²) in [5, 5.41) is 2.03. The minimum Gasteiger partial charge on any atom is -0.496 e. The van der Waals surface area contributed by atoms with Gasteiger partial charge >= 0.3 is 5.69 Å². The highest BCUT2D eigenvalue weighted by Crippen LogP contribution is 2.41. The molecule has 0 aliphatic rings. The standard InChI is InChI=1S/C22H16N2O2/c1-26-19-13-7-4-10-16(19)20-15-9-3-6-12-18(15)24-21(20)14-8-2-5-11-17(14)23-22(24)25/h2-13H,1H3,(H,23,25). The van der Waals surface area contributed by atoms with Gasteiger partial charge < -0.3 is 9.72 Å². The summed E-state index contributed by atoms with van der Waals surface area (Å²) in [7, 11) is 1.67. The van der Waals surface area contributed by atoms with E-state index in [0.29, 0.717) is 0 Å². The number of hydrogen-bond acceptors (Lipinski definition) is 2. The average molecular weight is 340 g/mol. The van der Waals surface area contributed by atoms with Crippen molar-refractivity contribution < 1.29 is 4.74 Å². The van der Waals surface area contributed by atoms with Gasteiger partial charge in [-0.25, -0.2) is 4.79 Å². The first-order valence-corrected chi connectivity index (χ1v) is 8.47. The third kappa shape index (κ3) is 1.93. The Kier molecular flexibility index (Phi) is 3.12. The van der Waals surface area contributed by atoms with Crippen LogP contribution in [0, 0.1) is 0 Å². The van der Waals surface area contributed by atoms with Gasteiger partial charge in [-0.3, -0.25) is 4.40 Å². The fourth-order valence-electron chi connectivity index (χ4n) is 3.80. The first kappa shape index (κ1) is 14.8. The molecular weight excluding hydrogens is 324 g/mol. The van der Waals surface area contributed by atoms with Crippen LogP contribution in [0.1, 0.15) is 0 Å². The van der Waals surface area contributed by atoms with Gasteiger partial charge in [0, 0.05) is 21.9 Å². The smallest absolute Gasteiger partial charge is 0.331 e. The number of rotatable bonds is 2.